The molecular weight excluding hydrogens is 327 g/mol. The molecule has 0 aliphatic carbocycles. The molecule has 0 bridgehead atoms. The van der Waals surface area contributed by atoms with Crippen LogP contribution in [0.1, 0.15) is 0 Å². The van der Waals surface area contributed by atoms with Crippen LogP contribution in [-0.4, -0.2) is 99.3 Å². The summed E-state index contributed by atoms with van der Waals surface area (Å²) in [5.74, 6) is 0. The molecule has 0 aliphatic rings. The maximum atomic E-state index is 10.3. The first-order chi connectivity index (χ1) is 10.3. The van der Waals surface area contributed by atoms with Crippen LogP contribution in [0.2, 0.25) is 0 Å². The molecule has 0 saturated heterocycles. The SMILES string of the molecule is O=[PH](O)OCC(O)C(O)C(O)COCO[C@H](CO)C(O)CO. The van der Waals surface area contributed by atoms with Crippen LogP contribution < -0.4 is 0 Å². The topological polar surface area (TPSA) is 186 Å². The van der Waals surface area contributed by atoms with E-state index in [0.717, 1.165) is 0 Å². The quantitative estimate of drug-likeness (QED) is 0.0979. The number of hydrogen-bond acceptors (Lipinski definition) is 10. The molecule has 0 aliphatic heterocycles. The number of hydrogen-bond donors (Lipinski definition) is 7. The summed E-state index contributed by atoms with van der Waals surface area (Å²) in [5, 5.41) is 55.1. The average Bonchev–Trinajstić information content (AvgIpc) is 2.50. The number of rotatable bonds is 13. The molecule has 0 fully saturated rings. The maximum Gasteiger partial charge on any atom is 0.316 e. The Hall–Kier alpha value is -0.170. The third kappa shape index (κ3) is 9.08. The first kappa shape index (κ1) is 21.8. The van der Waals surface area contributed by atoms with Crippen LogP contribution in [0.5, 0.6) is 0 Å². The van der Waals surface area contributed by atoms with Gasteiger partial charge < -0.3 is 49.5 Å². The molecule has 0 radical (unpaired) electrons. The highest BCUT2D eigenvalue weighted by Crippen LogP contribution is 2.15. The Morgan fingerprint density at radius 1 is 0.909 bits per heavy atom. The van der Waals surface area contributed by atoms with Crippen molar-refractivity contribution in [2.24, 2.45) is 0 Å². The molecule has 0 saturated carbocycles. The van der Waals surface area contributed by atoms with E-state index in [-0.39, 0.29) is 0 Å². The van der Waals surface area contributed by atoms with Crippen LogP contribution in [0.15, 0.2) is 0 Å². The van der Waals surface area contributed by atoms with Gasteiger partial charge in [0.2, 0.25) is 0 Å². The van der Waals surface area contributed by atoms with Gasteiger partial charge in [0.05, 0.1) is 26.4 Å². The summed E-state index contributed by atoms with van der Waals surface area (Å²) >= 11 is 0. The van der Waals surface area contributed by atoms with Crippen molar-refractivity contribution in [2.75, 3.05) is 33.2 Å². The molecule has 0 amide bonds. The number of ether oxygens (including phenoxy) is 2. The fourth-order valence-corrected chi connectivity index (χ4v) is 1.63. The van der Waals surface area contributed by atoms with Crippen LogP contribution in [0, 0.1) is 0 Å². The highest BCUT2D eigenvalue weighted by atomic mass is 31.1. The van der Waals surface area contributed by atoms with Gasteiger partial charge in [-0.15, -0.1) is 0 Å². The van der Waals surface area contributed by atoms with Gasteiger partial charge >= 0.3 is 8.25 Å². The van der Waals surface area contributed by atoms with E-state index in [0.29, 0.717) is 0 Å². The summed E-state index contributed by atoms with van der Waals surface area (Å²) in [6, 6.07) is 0. The van der Waals surface area contributed by atoms with Crippen LogP contribution >= 0.6 is 8.25 Å². The minimum atomic E-state index is -3.25. The van der Waals surface area contributed by atoms with Crippen molar-refractivity contribution in [3.8, 4) is 0 Å². The van der Waals surface area contributed by atoms with Crippen LogP contribution in [-0.2, 0) is 18.6 Å². The van der Waals surface area contributed by atoms with Gasteiger partial charge in [-0.25, -0.2) is 0 Å². The van der Waals surface area contributed by atoms with Gasteiger partial charge in [0, 0.05) is 0 Å². The molecular formula is C10H23O11P. The van der Waals surface area contributed by atoms with Crippen molar-refractivity contribution in [3.05, 3.63) is 0 Å². The third-order valence-corrected chi connectivity index (χ3v) is 3.03. The van der Waals surface area contributed by atoms with Crippen molar-refractivity contribution in [1.82, 2.24) is 0 Å². The lowest BCUT2D eigenvalue weighted by atomic mass is 10.1. The van der Waals surface area contributed by atoms with Gasteiger partial charge in [0.1, 0.15) is 37.3 Å². The van der Waals surface area contributed by atoms with Gasteiger partial charge in [-0.1, -0.05) is 0 Å². The Balaban J connectivity index is 3.96. The summed E-state index contributed by atoms with van der Waals surface area (Å²) in [7, 11) is -3.25. The second kappa shape index (κ2) is 12.3. The monoisotopic (exact) mass is 350 g/mol. The van der Waals surface area contributed by atoms with Gasteiger partial charge in [-0.3, -0.25) is 4.57 Å². The molecule has 5 unspecified atom stereocenters. The van der Waals surface area contributed by atoms with E-state index >= 15 is 0 Å². The molecule has 0 heterocycles. The molecule has 22 heavy (non-hydrogen) atoms. The second-order valence-electron chi connectivity index (χ2n) is 4.33. The number of aliphatic hydroxyl groups is 6. The Bertz CT molecular complexity index is 305. The Labute approximate surface area is 127 Å². The summed E-state index contributed by atoms with van der Waals surface area (Å²) in [6.45, 7) is -2.74. The highest BCUT2D eigenvalue weighted by Gasteiger charge is 2.26. The molecule has 7 N–H and O–H groups in total. The Morgan fingerprint density at radius 2 is 1.50 bits per heavy atom. The van der Waals surface area contributed by atoms with Crippen molar-refractivity contribution in [3.63, 3.8) is 0 Å². The smallest absolute Gasteiger partial charge is 0.316 e. The largest absolute Gasteiger partial charge is 0.394 e. The summed E-state index contributed by atoms with van der Waals surface area (Å²) < 4.78 is 24.2. The van der Waals surface area contributed by atoms with Gasteiger partial charge in [-0.05, 0) is 0 Å². The second-order valence-corrected chi connectivity index (χ2v) is 5.15. The van der Waals surface area contributed by atoms with Gasteiger partial charge in [0.25, 0.3) is 0 Å². The number of aliphatic hydroxyl groups excluding tert-OH is 6. The van der Waals surface area contributed by atoms with E-state index in [1.54, 1.807) is 0 Å². The van der Waals surface area contributed by atoms with Crippen molar-refractivity contribution in [2.45, 2.75) is 30.5 Å². The third-order valence-electron chi connectivity index (χ3n) is 2.62. The highest BCUT2D eigenvalue weighted by molar-refractivity contribution is 7.32. The van der Waals surface area contributed by atoms with E-state index in [2.05, 4.69) is 4.52 Å². The minimum absolute atomic E-state index is 0.455. The molecule has 134 valence electrons. The van der Waals surface area contributed by atoms with E-state index in [4.69, 9.17) is 24.6 Å². The first-order valence-corrected chi connectivity index (χ1v) is 7.58. The normalized spacial score (nSPS) is 20.1. The van der Waals surface area contributed by atoms with E-state index in [1.807, 2.05) is 0 Å². The van der Waals surface area contributed by atoms with Crippen LogP contribution in [0.25, 0.3) is 0 Å². The molecule has 0 aromatic heterocycles. The molecule has 0 aromatic carbocycles. The Morgan fingerprint density at radius 3 is 2.00 bits per heavy atom. The molecule has 0 rings (SSSR count). The lowest BCUT2D eigenvalue weighted by molar-refractivity contribution is -0.165. The predicted octanol–water partition coefficient (Wildman–Crippen LogP) is -3.83. The standard InChI is InChI=1S/C10H23O11P/c11-1-6(13)9(2-12)20-5-19-3-7(14)10(16)8(15)4-21-22(17)18/h6-16,22H,1-5H2,(H,17,18)/t6?,7?,8?,9-,10?/m1/s1. The van der Waals surface area contributed by atoms with Gasteiger partial charge in [-0.2, -0.15) is 0 Å². The van der Waals surface area contributed by atoms with E-state index in [1.165, 1.54) is 0 Å². The summed E-state index contributed by atoms with van der Waals surface area (Å²) in [5.41, 5.74) is 0. The molecule has 6 atom stereocenters. The fraction of sp³-hybridized carbons (Fsp3) is 1.00. The van der Waals surface area contributed by atoms with E-state index in [9.17, 15) is 25.0 Å². The minimum Gasteiger partial charge on any atom is -0.394 e. The maximum absolute atomic E-state index is 10.3. The average molecular weight is 350 g/mol. The molecule has 12 heteroatoms. The first-order valence-electron chi connectivity index (χ1n) is 6.32. The van der Waals surface area contributed by atoms with Crippen molar-refractivity contribution >= 4 is 8.25 Å². The van der Waals surface area contributed by atoms with Gasteiger partial charge in [0.15, 0.2) is 0 Å². The molecule has 11 nitrogen and oxygen atoms in total. The summed E-state index contributed by atoms with van der Waals surface area (Å²) in [4.78, 5) is 8.40. The van der Waals surface area contributed by atoms with Crippen molar-refractivity contribution < 1.29 is 54.1 Å². The lowest BCUT2D eigenvalue weighted by Crippen LogP contribution is -2.42. The summed E-state index contributed by atoms with van der Waals surface area (Å²) in [6.07, 6.45) is -7.18. The lowest BCUT2D eigenvalue weighted by Gasteiger charge is -2.23. The predicted molar refractivity (Wildman–Crippen MR) is 71.1 cm³/mol. The molecule has 0 spiro atoms. The van der Waals surface area contributed by atoms with Crippen molar-refractivity contribution in [1.29, 1.82) is 0 Å². The van der Waals surface area contributed by atoms with Crippen LogP contribution in [0.4, 0.5) is 0 Å². The zero-order valence-corrected chi connectivity index (χ0v) is 12.7. The Kier molecular flexibility index (Phi) is 12.2. The zero-order valence-electron chi connectivity index (χ0n) is 11.7. The fourth-order valence-electron chi connectivity index (χ4n) is 1.32. The van der Waals surface area contributed by atoms with Crippen LogP contribution in [0.3, 0.4) is 0 Å². The van der Waals surface area contributed by atoms with E-state index < -0.39 is 72.0 Å². The zero-order chi connectivity index (χ0) is 17.1. The molecule has 0 aromatic rings.